The third-order valence-corrected chi connectivity index (χ3v) is 3.52. The smallest absolute Gasteiger partial charge is 0.433 e. The first kappa shape index (κ1) is 22.3. The third kappa shape index (κ3) is 6.86. The van der Waals surface area contributed by atoms with Gasteiger partial charge in [-0.25, -0.2) is 4.98 Å². The number of para-hydroxylation sites is 1. The zero-order valence-corrected chi connectivity index (χ0v) is 15.5. The number of β-amino-alcohol motifs (C(OH)–C–C–N with tert-alkyl or cyclic N) is 1. The molecule has 0 radical (unpaired) electrons. The maximum Gasteiger partial charge on any atom is 0.433 e. The maximum absolute atomic E-state index is 12.7. The summed E-state index contributed by atoms with van der Waals surface area (Å²) in [6.07, 6.45) is -5.69. The predicted octanol–water partition coefficient (Wildman–Crippen LogP) is 3.69. The van der Waals surface area contributed by atoms with Crippen LogP contribution in [0.3, 0.4) is 0 Å². The van der Waals surface area contributed by atoms with Crippen molar-refractivity contribution in [3.8, 4) is 5.75 Å². The highest BCUT2D eigenvalue weighted by atomic mass is 32.1. The van der Waals surface area contributed by atoms with Crippen molar-refractivity contribution in [2.45, 2.75) is 31.7 Å². The van der Waals surface area contributed by atoms with E-state index in [-0.39, 0.29) is 25.7 Å². The van der Waals surface area contributed by atoms with E-state index in [4.69, 9.17) is 4.74 Å². The summed E-state index contributed by atoms with van der Waals surface area (Å²) in [4.78, 5) is 3.49. The minimum atomic E-state index is -4.54. The van der Waals surface area contributed by atoms with Crippen molar-refractivity contribution in [2.24, 2.45) is 0 Å². The lowest BCUT2D eigenvalue weighted by molar-refractivity contribution is -0.141. The Kier molecular flexibility index (Phi) is 7.92. The molecule has 0 spiro atoms. The molecule has 0 amide bonds. The van der Waals surface area contributed by atoms with Gasteiger partial charge in [0.2, 0.25) is 0 Å². The van der Waals surface area contributed by atoms with E-state index < -0.39 is 23.5 Å². The molecule has 8 heteroatoms. The molecule has 0 fully saturated rings. The zero-order valence-electron chi connectivity index (χ0n) is 14.5. The van der Waals surface area contributed by atoms with Gasteiger partial charge in [-0.2, -0.15) is 26.7 Å². The van der Waals surface area contributed by atoms with Crippen molar-refractivity contribution >= 4 is 13.5 Å². The van der Waals surface area contributed by atoms with Gasteiger partial charge in [0.05, 0.1) is 5.69 Å². The summed E-state index contributed by atoms with van der Waals surface area (Å²) >= 11 is 0. The molecule has 0 aliphatic heterocycles. The number of benzene rings is 1. The molecular formula is C18H23F3N2O2S. The fourth-order valence-electron chi connectivity index (χ4n) is 2.10. The fourth-order valence-corrected chi connectivity index (χ4v) is 2.10. The molecule has 1 atom stereocenters. The second-order valence-corrected chi connectivity index (χ2v) is 6.33. The van der Waals surface area contributed by atoms with Gasteiger partial charge in [0.25, 0.3) is 0 Å². The Balaban J connectivity index is 0.00000338. The first-order chi connectivity index (χ1) is 11.7. The highest BCUT2D eigenvalue weighted by Crippen LogP contribution is 2.28. The number of ether oxygens (including phenoxy) is 1. The molecule has 2 N–H and O–H groups in total. The van der Waals surface area contributed by atoms with Gasteiger partial charge in [-0.1, -0.05) is 24.3 Å². The van der Waals surface area contributed by atoms with Gasteiger partial charge >= 0.3 is 6.18 Å². The average molecular weight is 388 g/mol. The number of nitrogens with one attached hydrogen (secondary N) is 1. The minimum absolute atomic E-state index is 0. The minimum Gasteiger partial charge on any atom is -0.492 e. The van der Waals surface area contributed by atoms with E-state index in [1.54, 1.807) is 0 Å². The lowest BCUT2D eigenvalue weighted by Crippen LogP contribution is -2.46. The van der Waals surface area contributed by atoms with E-state index in [9.17, 15) is 18.3 Å². The summed E-state index contributed by atoms with van der Waals surface area (Å²) in [5, 5.41) is 13.2. The van der Waals surface area contributed by atoms with Crippen LogP contribution in [0.15, 0.2) is 48.5 Å². The third-order valence-electron chi connectivity index (χ3n) is 3.52. The van der Waals surface area contributed by atoms with Crippen molar-refractivity contribution < 1.29 is 23.0 Å². The molecular weight excluding hydrogens is 365 g/mol. The molecule has 2 aromatic rings. The summed E-state index contributed by atoms with van der Waals surface area (Å²) in [6.45, 7) is 4.14. The molecule has 0 aliphatic carbocycles. The summed E-state index contributed by atoms with van der Waals surface area (Å²) in [7, 11) is 0. The van der Waals surface area contributed by atoms with Crippen molar-refractivity contribution in [1.29, 1.82) is 0 Å². The highest BCUT2D eigenvalue weighted by molar-refractivity contribution is 7.59. The van der Waals surface area contributed by atoms with E-state index in [0.717, 1.165) is 11.8 Å². The number of pyridine rings is 1. The average Bonchev–Trinajstić information content (AvgIpc) is 2.58. The van der Waals surface area contributed by atoms with Crippen LogP contribution < -0.4 is 10.1 Å². The van der Waals surface area contributed by atoms with E-state index in [1.807, 2.05) is 44.2 Å². The first-order valence-electron chi connectivity index (χ1n) is 7.82. The topological polar surface area (TPSA) is 54.4 Å². The number of hydrogen-bond donors (Lipinski definition) is 2. The van der Waals surface area contributed by atoms with Gasteiger partial charge in [-0.3, -0.25) is 0 Å². The SMILES string of the molecule is CC(C)(COc1ccccc1)NC[C@H](O)c1cccc(C(F)(F)F)n1.S. The number of rotatable bonds is 7. The molecule has 0 saturated carbocycles. The van der Waals surface area contributed by atoms with Crippen LogP contribution in [0, 0.1) is 0 Å². The molecule has 0 saturated heterocycles. The monoisotopic (exact) mass is 388 g/mol. The molecule has 0 aliphatic rings. The standard InChI is InChI=1S/C18H21F3N2O2.H2S/c1-17(2,12-25-13-7-4-3-5-8-13)22-11-15(24)14-9-6-10-16(23-14)18(19,20)21;/h3-10,15,22,24H,11-12H2,1-2H3;1H2/t15-;/m0./s1. The van der Waals surface area contributed by atoms with Crippen LogP contribution >= 0.6 is 13.5 Å². The quantitative estimate of drug-likeness (QED) is 0.760. The lowest BCUT2D eigenvalue weighted by atomic mass is 10.1. The van der Waals surface area contributed by atoms with Crippen molar-refractivity contribution in [2.75, 3.05) is 13.2 Å². The summed E-state index contributed by atoms with van der Waals surface area (Å²) < 4.78 is 43.7. The molecule has 144 valence electrons. The van der Waals surface area contributed by atoms with Crippen molar-refractivity contribution in [3.05, 3.63) is 59.9 Å². The van der Waals surface area contributed by atoms with E-state index in [1.165, 1.54) is 12.1 Å². The van der Waals surface area contributed by atoms with Gasteiger partial charge in [-0.15, -0.1) is 0 Å². The number of nitrogens with zero attached hydrogens (tertiary/aromatic N) is 1. The lowest BCUT2D eigenvalue weighted by Gasteiger charge is -2.27. The Morgan fingerprint density at radius 1 is 1.08 bits per heavy atom. The van der Waals surface area contributed by atoms with Crippen molar-refractivity contribution in [1.82, 2.24) is 10.3 Å². The number of aromatic nitrogens is 1. The van der Waals surface area contributed by atoms with Crippen molar-refractivity contribution in [3.63, 3.8) is 0 Å². The van der Waals surface area contributed by atoms with E-state index in [0.29, 0.717) is 6.61 Å². The Hall–Kier alpha value is -1.77. The maximum atomic E-state index is 12.7. The van der Waals surface area contributed by atoms with Gasteiger partial charge in [0.15, 0.2) is 0 Å². The molecule has 4 nitrogen and oxygen atoms in total. The molecule has 2 rings (SSSR count). The predicted molar refractivity (Wildman–Crippen MR) is 98.6 cm³/mol. The normalized spacial score (nSPS) is 13.0. The van der Waals surface area contributed by atoms with Crippen LogP contribution in [0.25, 0.3) is 0 Å². The second-order valence-electron chi connectivity index (χ2n) is 6.33. The summed E-state index contributed by atoms with van der Waals surface area (Å²) in [6, 6.07) is 12.7. The van der Waals surface area contributed by atoms with Gasteiger partial charge in [0.1, 0.15) is 24.2 Å². The number of aliphatic hydroxyl groups excluding tert-OH is 1. The molecule has 1 aromatic heterocycles. The molecule has 0 bridgehead atoms. The highest BCUT2D eigenvalue weighted by Gasteiger charge is 2.33. The van der Waals surface area contributed by atoms with Crippen LogP contribution in [-0.2, 0) is 6.18 Å². The number of hydrogen-bond acceptors (Lipinski definition) is 4. The molecule has 0 unspecified atom stereocenters. The molecule has 26 heavy (non-hydrogen) atoms. The van der Waals surface area contributed by atoms with E-state index in [2.05, 4.69) is 10.3 Å². The number of halogens is 3. The number of alkyl halides is 3. The molecule has 1 aromatic carbocycles. The second kappa shape index (κ2) is 9.25. The summed E-state index contributed by atoms with van der Waals surface area (Å²) in [5.41, 5.74) is -1.53. The fraction of sp³-hybridized carbons (Fsp3) is 0.389. The van der Waals surface area contributed by atoms with Crippen LogP contribution in [0.4, 0.5) is 13.2 Å². The van der Waals surface area contributed by atoms with Crippen LogP contribution in [0.5, 0.6) is 5.75 Å². The van der Waals surface area contributed by atoms with Crippen LogP contribution in [-0.4, -0.2) is 28.8 Å². The molecule has 1 heterocycles. The Bertz CT molecular complexity index is 682. The van der Waals surface area contributed by atoms with Crippen LogP contribution in [0.2, 0.25) is 0 Å². The van der Waals surface area contributed by atoms with Crippen LogP contribution in [0.1, 0.15) is 31.3 Å². The van der Waals surface area contributed by atoms with Gasteiger partial charge < -0.3 is 15.2 Å². The Morgan fingerprint density at radius 3 is 2.35 bits per heavy atom. The van der Waals surface area contributed by atoms with Gasteiger partial charge in [-0.05, 0) is 38.1 Å². The number of aliphatic hydroxyl groups is 1. The van der Waals surface area contributed by atoms with E-state index >= 15 is 0 Å². The van der Waals surface area contributed by atoms with Gasteiger partial charge in [0, 0.05) is 12.1 Å². The summed E-state index contributed by atoms with van der Waals surface area (Å²) in [5.74, 6) is 0.720. The zero-order chi connectivity index (χ0) is 18.5. The largest absolute Gasteiger partial charge is 0.492 e. The Labute approximate surface area is 157 Å². The first-order valence-corrected chi connectivity index (χ1v) is 7.82. The Morgan fingerprint density at radius 2 is 1.73 bits per heavy atom.